The maximum atomic E-state index is 12.1. The van der Waals surface area contributed by atoms with E-state index < -0.39 is 22.8 Å². The lowest BCUT2D eigenvalue weighted by Gasteiger charge is -2.20. The minimum atomic E-state index is -0.996. The predicted octanol–water partition coefficient (Wildman–Crippen LogP) is 2.34. The fourth-order valence-electron chi connectivity index (χ4n) is 1.89. The van der Waals surface area contributed by atoms with Gasteiger partial charge in [0.15, 0.2) is 0 Å². The number of nitrogens with zero attached hydrogens (tertiary/aromatic N) is 2. The molecule has 2 amide bonds. The van der Waals surface area contributed by atoms with Crippen LogP contribution < -0.4 is 5.32 Å². The molecule has 0 heterocycles. The van der Waals surface area contributed by atoms with Gasteiger partial charge in [-0.2, -0.15) is 0 Å². The van der Waals surface area contributed by atoms with Gasteiger partial charge in [-0.25, -0.2) is 4.79 Å². The van der Waals surface area contributed by atoms with Crippen LogP contribution in [0, 0.1) is 16.0 Å². The Balaban J connectivity index is 2.88. The first-order chi connectivity index (χ1) is 10.3. The maximum Gasteiger partial charge on any atom is 0.321 e. The van der Waals surface area contributed by atoms with Crippen molar-refractivity contribution in [2.45, 2.75) is 20.3 Å². The van der Waals surface area contributed by atoms with Crippen LogP contribution in [0.15, 0.2) is 18.2 Å². The highest BCUT2D eigenvalue weighted by Gasteiger charge is 2.19. The number of anilines is 1. The third kappa shape index (κ3) is 4.44. The second kappa shape index (κ2) is 7.39. The number of aryl methyl sites for hydroxylation is 1. The van der Waals surface area contributed by atoms with E-state index in [0.717, 1.165) is 5.56 Å². The van der Waals surface area contributed by atoms with E-state index in [2.05, 4.69) is 5.32 Å². The van der Waals surface area contributed by atoms with Crippen LogP contribution in [-0.4, -0.2) is 40.5 Å². The first-order valence-electron chi connectivity index (χ1n) is 6.78. The fourth-order valence-corrected chi connectivity index (χ4v) is 1.89. The molecule has 1 unspecified atom stereocenters. The summed E-state index contributed by atoms with van der Waals surface area (Å²) in [6.45, 7) is 3.40. The number of amides is 2. The zero-order chi connectivity index (χ0) is 16.9. The van der Waals surface area contributed by atoms with E-state index in [1.807, 2.05) is 6.92 Å². The van der Waals surface area contributed by atoms with Gasteiger partial charge in [0.2, 0.25) is 0 Å². The topological polar surface area (TPSA) is 113 Å². The van der Waals surface area contributed by atoms with Gasteiger partial charge in [0.1, 0.15) is 0 Å². The number of hydrogen-bond donors (Lipinski definition) is 2. The Labute approximate surface area is 127 Å². The molecule has 8 heteroatoms. The van der Waals surface area contributed by atoms with E-state index in [-0.39, 0.29) is 12.2 Å². The molecule has 1 aromatic carbocycles. The third-order valence-corrected chi connectivity index (χ3v) is 3.24. The van der Waals surface area contributed by atoms with Crippen molar-refractivity contribution in [1.29, 1.82) is 0 Å². The minimum Gasteiger partial charge on any atom is -0.481 e. The molecular formula is C14H19N3O5. The molecule has 1 aromatic rings. The smallest absolute Gasteiger partial charge is 0.321 e. The predicted molar refractivity (Wildman–Crippen MR) is 80.9 cm³/mol. The Morgan fingerprint density at radius 3 is 2.59 bits per heavy atom. The van der Waals surface area contributed by atoms with Crippen molar-refractivity contribution in [2.75, 3.05) is 18.9 Å². The van der Waals surface area contributed by atoms with Gasteiger partial charge in [0.05, 0.1) is 16.5 Å². The molecule has 0 fully saturated rings. The third-order valence-electron chi connectivity index (χ3n) is 3.24. The number of nitro groups is 1. The lowest BCUT2D eigenvalue weighted by Crippen LogP contribution is -2.36. The summed E-state index contributed by atoms with van der Waals surface area (Å²) in [5.74, 6) is -1.70. The molecule has 120 valence electrons. The summed E-state index contributed by atoms with van der Waals surface area (Å²) >= 11 is 0. The Kier molecular flexibility index (Phi) is 5.85. The number of nitrogens with one attached hydrogen (secondary N) is 1. The molecule has 0 saturated carbocycles. The molecule has 0 bridgehead atoms. The normalized spacial score (nSPS) is 11.6. The molecule has 1 atom stereocenters. The molecule has 8 nitrogen and oxygen atoms in total. The van der Waals surface area contributed by atoms with Crippen molar-refractivity contribution in [3.05, 3.63) is 33.9 Å². The summed E-state index contributed by atoms with van der Waals surface area (Å²) < 4.78 is 0. The van der Waals surface area contributed by atoms with Crippen molar-refractivity contribution in [1.82, 2.24) is 4.90 Å². The number of rotatable bonds is 6. The largest absolute Gasteiger partial charge is 0.481 e. The molecule has 0 aromatic heterocycles. The molecule has 1 rings (SSSR count). The van der Waals surface area contributed by atoms with Crippen molar-refractivity contribution in [3.63, 3.8) is 0 Å². The van der Waals surface area contributed by atoms with Gasteiger partial charge in [-0.1, -0.05) is 19.9 Å². The highest BCUT2D eigenvalue weighted by Crippen LogP contribution is 2.23. The molecule has 0 aliphatic heterocycles. The molecule has 0 aliphatic rings. The number of carboxylic acid groups (broad SMARTS) is 1. The number of nitro benzene ring substituents is 1. The first kappa shape index (κ1) is 17.4. The average Bonchev–Trinajstić information content (AvgIpc) is 2.46. The van der Waals surface area contributed by atoms with Crippen LogP contribution in [0.5, 0.6) is 0 Å². The second-order valence-corrected chi connectivity index (χ2v) is 5.00. The van der Waals surface area contributed by atoms with Gasteiger partial charge in [-0.05, 0) is 12.0 Å². The van der Waals surface area contributed by atoms with Crippen LogP contribution in [0.25, 0.3) is 0 Å². The van der Waals surface area contributed by atoms with E-state index in [9.17, 15) is 19.7 Å². The van der Waals surface area contributed by atoms with E-state index >= 15 is 0 Å². The van der Waals surface area contributed by atoms with Crippen LogP contribution in [0.2, 0.25) is 0 Å². The van der Waals surface area contributed by atoms with Crippen molar-refractivity contribution < 1.29 is 19.6 Å². The number of carbonyl (C=O) groups is 2. The Morgan fingerprint density at radius 2 is 2.09 bits per heavy atom. The number of carbonyl (C=O) groups excluding carboxylic acids is 1. The number of benzene rings is 1. The molecular weight excluding hydrogens is 290 g/mol. The number of aliphatic carboxylic acids is 1. The molecule has 2 N–H and O–H groups in total. The Bertz CT molecular complexity index is 588. The molecule has 0 aliphatic carbocycles. The van der Waals surface area contributed by atoms with E-state index in [1.54, 1.807) is 6.07 Å². The molecule has 0 spiro atoms. The number of carboxylic acids is 1. The number of urea groups is 1. The number of hydrogen-bond acceptors (Lipinski definition) is 4. The maximum absolute atomic E-state index is 12.1. The van der Waals surface area contributed by atoms with Gasteiger partial charge < -0.3 is 15.3 Å². The van der Waals surface area contributed by atoms with E-state index in [1.165, 1.54) is 31.0 Å². The van der Waals surface area contributed by atoms with Gasteiger partial charge in [0, 0.05) is 25.7 Å². The zero-order valence-electron chi connectivity index (χ0n) is 12.7. The summed E-state index contributed by atoms with van der Waals surface area (Å²) in [5, 5.41) is 22.2. The lowest BCUT2D eigenvalue weighted by atomic mass is 10.1. The van der Waals surface area contributed by atoms with Crippen LogP contribution >= 0.6 is 0 Å². The van der Waals surface area contributed by atoms with Crippen LogP contribution in [0.3, 0.4) is 0 Å². The minimum absolute atomic E-state index is 0.0392. The second-order valence-electron chi connectivity index (χ2n) is 5.00. The van der Waals surface area contributed by atoms with Crippen LogP contribution in [0.4, 0.5) is 16.2 Å². The molecule has 0 saturated heterocycles. The van der Waals surface area contributed by atoms with Gasteiger partial charge in [-0.3, -0.25) is 14.9 Å². The summed E-state index contributed by atoms with van der Waals surface area (Å²) in [5.41, 5.74) is 1.00. The summed E-state index contributed by atoms with van der Waals surface area (Å²) in [6, 6.07) is 3.76. The highest BCUT2D eigenvalue weighted by atomic mass is 16.6. The van der Waals surface area contributed by atoms with Crippen molar-refractivity contribution in [3.8, 4) is 0 Å². The van der Waals surface area contributed by atoms with Crippen molar-refractivity contribution in [2.24, 2.45) is 5.92 Å². The number of non-ortho nitro benzene ring substituents is 1. The van der Waals surface area contributed by atoms with Crippen LogP contribution in [0.1, 0.15) is 19.4 Å². The summed E-state index contributed by atoms with van der Waals surface area (Å²) in [4.78, 5) is 34.4. The van der Waals surface area contributed by atoms with Gasteiger partial charge in [-0.15, -0.1) is 0 Å². The first-order valence-corrected chi connectivity index (χ1v) is 6.78. The SMILES string of the molecule is CCc1ccc([N+](=O)[O-])cc1NC(=O)N(C)CC(C)C(=O)O. The summed E-state index contributed by atoms with van der Waals surface area (Å²) in [7, 11) is 1.47. The van der Waals surface area contributed by atoms with Gasteiger partial charge >= 0.3 is 12.0 Å². The van der Waals surface area contributed by atoms with E-state index in [4.69, 9.17) is 5.11 Å². The van der Waals surface area contributed by atoms with Gasteiger partial charge in [0.25, 0.3) is 5.69 Å². The lowest BCUT2D eigenvalue weighted by molar-refractivity contribution is -0.384. The monoisotopic (exact) mass is 309 g/mol. The van der Waals surface area contributed by atoms with Crippen molar-refractivity contribution >= 4 is 23.4 Å². The molecule has 22 heavy (non-hydrogen) atoms. The Morgan fingerprint density at radius 1 is 1.45 bits per heavy atom. The van der Waals surface area contributed by atoms with Crippen LogP contribution in [-0.2, 0) is 11.2 Å². The highest BCUT2D eigenvalue weighted by molar-refractivity contribution is 5.90. The Hall–Kier alpha value is -2.64. The average molecular weight is 309 g/mol. The summed E-state index contributed by atoms with van der Waals surface area (Å²) in [6.07, 6.45) is 0.600. The van der Waals surface area contributed by atoms with E-state index in [0.29, 0.717) is 12.1 Å². The quantitative estimate of drug-likeness (QED) is 0.618. The standard InChI is InChI=1S/C14H19N3O5/c1-4-10-5-6-11(17(21)22)7-12(10)15-14(20)16(3)8-9(2)13(18)19/h5-7,9H,4,8H2,1-3H3,(H,15,20)(H,18,19). The molecule has 0 radical (unpaired) electrons. The fraction of sp³-hybridized carbons (Fsp3) is 0.429. The zero-order valence-corrected chi connectivity index (χ0v) is 12.7.